The van der Waals surface area contributed by atoms with Gasteiger partial charge in [0.25, 0.3) is 5.91 Å². The number of carboxylic acids is 1. The monoisotopic (exact) mass is 326 g/mol. The first-order valence-electron chi connectivity index (χ1n) is 7.95. The second-order valence-corrected chi connectivity index (χ2v) is 5.73. The third kappa shape index (κ3) is 5.76. The third-order valence-corrected chi connectivity index (χ3v) is 3.65. The first-order chi connectivity index (χ1) is 11.5. The maximum Gasteiger partial charge on any atom is 0.322 e. The minimum Gasteiger partial charge on any atom is -0.480 e. The van der Waals surface area contributed by atoms with Gasteiger partial charge >= 0.3 is 5.97 Å². The van der Waals surface area contributed by atoms with Crippen LogP contribution in [0.5, 0.6) is 0 Å². The van der Waals surface area contributed by atoms with E-state index < -0.39 is 5.97 Å². The summed E-state index contributed by atoms with van der Waals surface area (Å²) in [5, 5.41) is 14.4. The van der Waals surface area contributed by atoms with Crippen LogP contribution in [0, 0.1) is 0 Å². The fourth-order valence-corrected chi connectivity index (χ4v) is 2.36. The van der Waals surface area contributed by atoms with Crippen molar-refractivity contribution in [1.29, 1.82) is 0 Å². The Kier molecular flexibility index (Phi) is 6.37. The number of nitrogens with one attached hydrogen (secondary N) is 2. The molecule has 1 amide bonds. The summed E-state index contributed by atoms with van der Waals surface area (Å²) >= 11 is 0. The number of hydrogen-bond donors (Lipinski definition) is 3. The molecule has 0 aliphatic rings. The molecule has 1 unspecified atom stereocenters. The fourth-order valence-electron chi connectivity index (χ4n) is 2.36. The van der Waals surface area contributed by atoms with E-state index in [0.717, 1.165) is 12.8 Å². The van der Waals surface area contributed by atoms with Crippen LogP contribution in [0.15, 0.2) is 54.6 Å². The highest BCUT2D eigenvalue weighted by Crippen LogP contribution is 2.11. The van der Waals surface area contributed by atoms with Crippen molar-refractivity contribution in [3.63, 3.8) is 0 Å². The zero-order valence-corrected chi connectivity index (χ0v) is 13.7. The summed E-state index contributed by atoms with van der Waals surface area (Å²) in [6.45, 7) is 1.80. The molecule has 0 saturated carbocycles. The number of amides is 1. The largest absolute Gasteiger partial charge is 0.480 e. The van der Waals surface area contributed by atoms with E-state index in [2.05, 4.69) is 22.8 Å². The van der Waals surface area contributed by atoms with Gasteiger partial charge in [0, 0.05) is 17.3 Å². The molecule has 0 spiro atoms. The van der Waals surface area contributed by atoms with Crippen molar-refractivity contribution in [3.8, 4) is 0 Å². The predicted octanol–water partition coefficient (Wildman–Crippen LogP) is 2.93. The Labute approximate surface area is 141 Å². The number of carbonyl (C=O) groups excluding carboxylic acids is 1. The SMILES string of the molecule is CC(CCc1ccccc1)NC(=O)c1cccc(NCC(=O)O)c1. The predicted molar refractivity (Wildman–Crippen MR) is 94.3 cm³/mol. The van der Waals surface area contributed by atoms with Crippen molar-refractivity contribution in [2.24, 2.45) is 0 Å². The molecule has 24 heavy (non-hydrogen) atoms. The van der Waals surface area contributed by atoms with Gasteiger partial charge in [-0.2, -0.15) is 0 Å². The lowest BCUT2D eigenvalue weighted by Crippen LogP contribution is -2.32. The van der Waals surface area contributed by atoms with Gasteiger partial charge in [0.15, 0.2) is 0 Å². The van der Waals surface area contributed by atoms with Gasteiger partial charge in [0.2, 0.25) is 0 Å². The maximum atomic E-state index is 12.3. The molecule has 5 heteroatoms. The van der Waals surface area contributed by atoms with Crippen LogP contribution in [-0.2, 0) is 11.2 Å². The van der Waals surface area contributed by atoms with Crippen molar-refractivity contribution < 1.29 is 14.7 Å². The summed E-state index contributed by atoms with van der Waals surface area (Å²) in [5.41, 5.74) is 2.37. The molecule has 0 saturated heterocycles. The molecule has 0 heterocycles. The van der Waals surface area contributed by atoms with Crippen molar-refractivity contribution in [1.82, 2.24) is 5.32 Å². The van der Waals surface area contributed by atoms with E-state index in [9.17, 15) is 9.59 Å². The van der Waals surface area contributed by atoms with E-state index >= 15 is 0 Å². The summed E-state index contributed by atoms with van der Waals surface area (Å²) in [4.78, 5) is 22.9. The second-order valence-electron chi connectivity index (χ2n) is 5.73. The van der Waals surface area contributed by atoms with Crippen molar-refractivity contribution in [2.75, 3.05) is 11.9 Å². The second kappa shape index (κ2) is 8.72. The Morgan fingerprint density at radius 1 is 1.08 bits per heavy atom. The van der Waals surface area contributed by atoms with E-state index in [0.29, 0.717) is 11.3 Å². The van der Waals surface area contributed by atoms with Crippen LogP contribution in [0.2, 0.25) is 0 Å². The first-order valence-corrected chi connectivity index (χ1v) is 7.95. The van der Waals surface area contributed by atoms with Crippen molar-refractivity contribution >= 4 is 17.6 Å². The van der Waals surface area contributed by atoms with Crippen LogP contribution in [0.4, 0.5) is 5.69 Å². The number of aliphatic carboxylic acids is 1. The molecule has 126 valence electrons. The van der Waals surface area contributed by atoms with Crippen LogP contribution in [0.3, 0.4) is 0 Å². The highest BCUT2D eigenvalue weighted by Gasteiger charge is 2.10. The summed E-state index contributed by atoms with van der Waals surface area (Å²) < 4.78 is 0. The van der Waals surface area contributed by atoms with Gasteiger partial charge in [0.1, 0.15) is 6.54 Å². The Balaban J connectivity index is 1.87. The van der Waals surface area contributed by atoms with Crippen LogP contribution < -0.4 is 10.6 Å². The highest BCUT2D eigenvalue weighted by molar-refractivity contribution is 5.95. The molecule has 3 N–H and O–H groups in total. The summed E-state index contributed by atoms with van der Waals surface area (Å²) in [6, 6.07) is 17.0. The van der Waals surface area contributed by atoms with E-state index in [4.69, 9.17) is 5.11 Å². The molecular formula is C19H22N2O3. The van der Waals surface area contributed by atoms with Crippen LogP contribution in [0.25, 0.3) is 0 Å². The molecule has 0 bridgehead atoms. The fraction of sp³-hybridized carbons (Fsp3) is 0.263. The minimum atomic E-state index is -0.945. The molecule has 0 aromatic heterocycles. The molecule has 0 aliphatic heterocycles. The number of rotatable bonds is 8. The van der Waals surface area contributed by atoms with Gasteiger partial charge < -0.3 is 15.7 Å². The Morgan fingerprint density at radius 3 is 2.54 bits per heavy atom. The maximum absolute atomic E-state index is 12.3. The van der Waals surface area contributed by atoms with Crippen LogP contribution in [-0.4, -0.2) is 29.6 Å². The highest BCUT2D eigenvalue weighted by atomic mass is 16.4. The average Bonchev–Trinajstić information content (AvgIpc) is 2.59. The number of carbonyl (C=O) groups is 2. The standard InChI is InChI=1S/C19H22N2O3/c1-14(10-11-15-6-3-2-4-7-15)21-19(24)16-8-5-9-17(12-16)20-13-18(22)23/h2-9,12,14,20H,10-11,13H2,1H3,(H,21,24)(H,22,23). The first kappa shape index (κ1) is 17.5. The molecule has 5 nitrogen and oxygen atoms in total. The Morgan fingerprint density at radius 2 is 1.83 bits per heavy atom. The lowest BCUT2D eigenvalue weighted by atomic mass is 10.1. The minimum absolute atomic E-state index is 0.0494. The lowest BCUT2D eigenvalue weighted by molar-refractivity contribution is -0.134. The number of hydrogen-bond acceptors (Lipinski definition) is 3. The van der Waals surface area contributed by atoms with Gasteiger partial charge in [-0.1, -0.05) is 36.4 Å². The molecule has 2 rings (SSSR count). The number of aryl methyl sites for hydroxylation is 1. The van der Waals surface area contributed by atoms with E-state index in [-0.39, 0.29) is 18.5 Å². The summed E-state index contributed by atoms with van der Waals surface area (Å²) in [6.07, 6.45) is 1.76. The zero-order valence-electron chi connectivity index (χ0n) is 13.7. The Hall–Kier alpha value is -2.82. The van der Waals surface area contributed by atoms with E-state index in [1.54, 1.807) is 24.3 Å². The van der Waals surface area contributed by atoms with Gasteiger partial charge in [-0.15, -0.1) is 0 Å². The molecule has 1 atom stereocenters. The molecule has 0 fully saturated rings. The quantitative estimate of drug-likeness (QED) is 0.697. The van der Waals surface area contributed by atoms with Crippen LogP contribution >= 0.6 is 0 Å². The van der Waals surface area contributed by atoms with Gasteiger partial charge in [-0.3, -0.25) is 9.59 Å². The smallest absolute Gasteiger partial charge is 0.322 e. The number of benzene rings is 2. The van der Waals surface area contributed by atoms with Crippen LogP contribution in [0.1, 0.15) is 29.3 Å². The summed E-state index contributed by atoms with van der Waals surface area (Å²) in [7, 11) is 0. The van der Waals surface area contributed by atoms with Gasteiger partial charge in [0.05, 0.1) is 0 Å². The number of anilines is 1. The molecule has 2 aromatic carbocycles. The average molecular weight is 326 g/mol. The van der Waals surface area contributed by atoms with Crippen molar-refractivity contribution in [3.05, 3.63) is 65.7 Å². The van der Waals surface area contributed by atoms with Gasteiger partial charge in [-0.25, -0.2) is 0 Å². The van der Waals surface area contributed by atoms with E-state index in [1.165, 1.54) is 5.56 Å². The number of carboxylic acid groups (broad SMARTS) is 1. The topological polar surface area (TPSA) is 78.4 Å². The molecule has 0 radical (unpaired) electrons. The van der Waals surface area contributed by atoms with Crippen molar-refractivity contribution in [2.45, 2.75) is 25.8 Å². The molecular weight excluding hydrogens is 304 g/mol. The Bertz CT molecular complexity index is 686. The van der Waals surface area contributed by atoms with E-state index in [1.807, 2.05) is 25.1 Å². The normalized spacial score (nSPS) is 11.5. The summed E-state index contributed by atoms with van der Waals surface area (Å²) in [5.74, 6) is -1.10. The lowest BCUT2D eigenvalue weighted by Gasteiger charge is -2.14. The molecule has 0 aliphatic carbocycles. The van der Waals surface area contributed by atoms with Gasteiger partial charge in [-0.05, 0) is 43.5 Å². The molecule has 2 aromatic rings. The zero-order chi connectivity index (χ0) is 17.4. The third-order valence-electron chi connectivity index (χ3n) is 3.65.